The third kappa shape index (κ3) is 3.98. The van der Waals surface area contributed by atoms with E-state index in [0.29, 0.717) is 11.3 Å². The Hall–Kier alpha value is -3.25. The molecule has 3 aromatic rings. The van der Waals surface area contributed by atoms with Gasteiger partial charge in [0.15, 0.2) is 0 Å². The molecule has 32 heavy (non-hydrogen) atoms. The maximum Gasteiger partial charge on any atom is 0.255 e. The molecule has 5 rings (SSSR count). The van der Waals surface area contributed by atoms with E-state index in [1.807, 2.05) is 18.3 Å². The van der Waals surface area contributed by atoms with Crippen LogP contribution in [0.15, 0.2) is 67.0 Å². The fraction of sp³-hybridized carbons (Fsp3) is 0.308. The predicted molar refractivity (Wildman–Crippen MR) is 124 cm³/mol. The molecule has 1 atom stereocenters. The van der Waals surface area contributed by atoms with Gasteiger partial charge in [0.25, 0.3) is 5.91 Å². The highest BCUT2D eigenvalue weighted by atomic mass is 19.1. The van der Waals surface area contributed by atoms with E-state index >= 15 is 0 Å². The van der Waals surface area contributed by atoms with Crippen LogP contribution >= 0.6 is 0 Å². The number of piperidine rings is 1. The molecule has 2 aromatic carbocycles. The predicted octanol–water partition coefficient (Wildman–Crippen LogP) is 4.46. The molecule has 2 aliphatic rings. The molecule has 0 saturated carbocycles. The van der Waals surface area contributed by atoms with Crippen molar-refractivity contribution in [3.63, 3.8) is 0 Å². The van der Waals surface area contributed by atoms with E-state index in [0.717, 1.165) is 39.0 Å². The van der Waals surface area contributed by atoms with Gasteiger partial charge in [0.1, 0.15) is 5.82 Å². The average molecular weight is 431 g/mol. The summed E-state index contributed by atoms with van der Waals surface area (Å²) in [6.45, 7) is 3.81. The number of likely N-dealkylation sites (tertiary alicyclic amines) is 1. The second kappa shape index (κ2) is 8.36. The normalized spacial score (nSPS) is 20.4. The number of fused-ring (bicyclic) bond motifs is 2. The van der Waals surface area contributed by atoms with E-state index in [2.05, 4.69) is 45.3 Å². The number of carbonyl (C=O) groups is 1. The first-order valence-corrected chi connectivity index (χ1v) is 11.1. The number of pyridine rings is 1. The SMILES string of the molecule is CN1CCCC2(C1)CN(Cc1cccnc1)c1ccc(C(=O)Nc3ccc(F)cc3)cc12. The van der Waals surface area contributed by atoms with Crippen LogP contribution in [0.25, 0.3) is 0 Å². The average Bonchev–Trinajstić information content (AvgIpc) is 3.07. The van der Waals surface area contributed by atoms with Crippen LogP contribution in [0.4, 0.5) is 15.8 Å². The molecular formula is C26H27FN4O. The third-order valence-corrected chi connectivity index (χ3v) is 6.63. The van der Waals surface area contributed by atoms with Gasteiger partial charge in [-0.1, -0.05) is 6.07 Å². The summed E-state index contributed by atoms with van der Waals surface area (Å²) in [4.78, 5) is 22.1. The monoisotopic (exact) mass is 430 g/mol. The van der Waals surface area contributed by atoms with E-state index in [4.69, 9.17) is 0 Å². The van der Waals surface area contributed by atoms with Crippen molar-refractivity contribution in [1.82, 2.24) is 9.88 Å². The Morgan fingerprint density at radius 3 is 2.75 bits per heavy atom. The van der Waals surface area contributed by atoms with Gasteiger partial charge < -0.3 is 15.1 Å². The molecule has 1 aromatic heterocycles. The minimum Gasteiger partial charge on any atom is -0.366 e. The van der Waals surface area contributed by atoms with Crippen LogP contribution in [-0.4, -0.2) is 42.5 Å². The quantitative estimate of drug-likeness (QED) is 0.664. The molecule has 5 nitrogen and oxygen atoms in total. The molecule has 1 saturated heterocycles. The smallest absolute Gasteiger partial charge is 0.255 e. The van der Waals surface area contributed by atoms with Gasteiger partial charge in [-0.05, 0) is 86.1 Å². The molecule has 3 heterocycles. The fourth-order valence-corrected chi connectivity index (χ4v) is 5.21. The molecule has 1 spiro atoms. The maximum absolute atomic E-state index is 13.2. The third-order valence-electron chi connectivity index (χ3n) is 6.63. The lowest BCUT2D eigenvalue weighted by atomic mass is 9.75. The summed E-state index contributed by atoms with van der Waals surface area (Å²) in [6, 6.07) is 16.0. The fourth-order valence-electron chi connectivity index (χ4n) is 5.21. The Kier molecular flexibility index (Phi) is 5.39. The second-order valence-corrected chi connectivity index (χ2v) is 9.03. The number of amides is 1. The molecule has 0 radical (unpaired) electrons. The van der Waals surface area contributed by atoms with Gasteiger partial charge in [-0.3, -0.25) is 9.78 Å². The van der Waals surface area contributed by atoms with Crippen LogP contribution in [0.3, 0.4) is 0 Å². The molecule has 1 fully saturated rings. The van der Waals surface area contributed by atoms with Crippen molar-refractivity contribution in [2.24, 2.45) is 0 Å². The largest absolute Gasteiger partial charge is 0.366 e. The molecule has 1 N–H and O–H groups in total. The highest BCUT2D eigenvalue weighted by molar-refractivity contribution is 6.04. The van der Waals surface area contributed by atoms with E-state index in [1.54, 1.807) is 18.3 Å². The van der Waals surface area contributed by atoms with Crippen molar-refractivity contribution in [2.45, 2.75) is 24.8 Å². The molecule has 0 bridgehead atoms. The zero-order valence-electron chi connectivity index (χ0n) is 18.2. The van der Waals surface area contributed by atoms with Crippen molar-refractivity contribution in [1.29, 1.82) is 0 Å². The summed E-state index contributed by atoms with van der Waals surface area (Å²) in [7, 11) is 2.18. The van der Waals surface area contributed by atoms with Crippen molar-refractivity contribution >= 4 is 17.3 Å². The minimum atomic E-state index is -0.322. The number of rotatable bonds is 4. The first-order chi connectivity index (χ1) is 15.5. The minimum absolute atomic E-state index is 0.0106. The highest BCUT2D eigenvalue weighted by Crippen LogP contribution is 2.46. The van der Waals surface area contributed by atoms with Crippen LogP contribution in [0.1, 0.15) is 34.3 Å². The van der Waals surface area contributed by atoms with Crippen molar-refractivity contribution < 1.29 is 9.18 Å². The number of hydrogen-bond acceptors (Lipinski definition) is 4. The number of hydrogen-bond donors (Lipinski definition) is 1. The van der Waals surface area contributed by atoms with Crippen LogP contribution < -0.4 is 10.2 Å². The van der Waals surface area contributed by atoms with Crippen molar-refractivity contribution in [2.75, 3.05) is 36.9 Å². The Labute approximate surface area is 187 Å². The molecule has 1 amide bonds. The van der Waals surface area contributed by atoms with Gasteiger partial charge in [-0.15, -0.1) is 0 Å². The number of nitrogens with one attached hydrogen (secondary N) is 1. The standard InChI is InChI=1S/C26H27FN4O/c1-30-13-3-11-26(17-30)18-31(16-19-4-2-12-28-15-19)24-10-5-20(14-23(24)26)25(32)29-22-8-6-21(27)7-9-22/h2,4-10,12,14-15H,3,11,13,16-18H2,1H3,(H,29,32). The topological polar surface area (TPSA) is 48.5 Å². The van der Waals surface area contributed by atoms with Gasteiger partial charge in [0.2, 0.25) is 0 Å². The van der Waals surface area contributed by atoms with E-state index in [9.17, 15) is 9.18 Å². The number of halogens is 1. The first-order valence-electron chi connectivity index (χ1n) is 11.1. The summed E-state index contributed by atoms with van der Waals surface area (Å²) in [5, 5.41) is 2.89. The van der Waals surface area contributed by atoms with Gasteiger partial charge >= 0.3 is 0 Å². The lowest BCUT2D eigenvalue weighted by Crippen LogP contribution is -2.47. The molecule has 6 heteroatoms. The lowest BCUT2D eigenvalue weighted by molar-refractivity contribution is 0.102. The zero-order chi connectivity index (χ0) is 22.1. The number of anilines is 2. The van der Waals surface area contributed by atoms with Crippen LogP contribution in [0.2, 0.25) is 0 Å². The number of benzene rings is 2. The Morgan fingerprint density at radius 2 is 2.00 bits per heavy atom. The van der Waals surface area contributed by atoms with Gasteiger partial charge in [-0.25, -0.2) is 4.39 Å². The molecular weight excluding hydrogens is 403 g/mol. The van der Waals surface area contributed by atoms with Crippen LogP contribution in [0.5, 0.6) is 0 Å². The number of carbonyl (C=O) groups excluding carboxylic acids is 1. The molecule has 0 aliphatic carbocycles. The number of likely N-dealkylation sites (N-methyl/N-ethyl adjacent to an activating group) is 1. The summed E-state index contributed by atoms with van der Waals surface area (Å²) >= 11 is 0. The van der Waals surface area contributed by atoms with Crippen molar-refractivity contribution in [3.8, 4) is 0 Å². The van der Waals surface area contributed by atoms with E-state index < -0.39 is 0 Å². The van der Waals surface area contributed by atoms with E-state index in [1.165, 1.54) is 28.9 Å². The zero-order valence-corrected chi connectivity index (χ0v) is 18.2. The Balaban J connectivity index is 1.47. The highest BCUT2D eigenvalue weighted by Gasteiger charge is 2.45. The van der Waals surface area contributed by atoms with Crippen LogP contribution in [0, 0.1) is 5.82 Å². The van der Waals surface area contributed by atoms with Gasteiger partial charge in [0, 0.05) is 54.4 Å². The summed E-state index contributed by atoms with van der Waals surface area (Å²) in [6.07, 6.45) is 5.97. The molecule has 164 valence electrons. The van der Waals surface area contributed by atoms with Gasteiger partial charge in [-0.2, -0.15) is 0 Å². The maximum atomic E-state index is 13.2. The summed E-state index contributed by atoms with van der Waals surface area (Å²) in [5.74, 6) is -0.498. The first kappa shape index (κ1) is 20.6. The van der Waals surface area contributed by atoms with E-state index in [-0.39, 0.29) is 17.1 Å². The Morgan fingerprint density at radius 1 is 1.16 bits per heavy atom. The molecule has 2 aliphatic heterocycles. The number of nitrogens with zero attached hydrogens (tertiary/aromatic N) is 3. The van der Waals surface area contributed by atoms with Gasteiger partial charge in [0.05, 0.1) is 0 Å². The summed E-state index contributed by atoms with van der Waals surface area (Å²) in [5.41, 5.74) is 4.85. The van der Waals surface area contributed by atoms with Crippen LogP contribution in [-0.2, 0) is 12.0 Å². The van der Waals surface area contributed by atoms with Crippen molar-refractivity contribution in [3.05, 3.63) is 89.5 Å². The molecule has 1 unspecified atom stereocenters. The lowest BCUT2D eigenvalue weighted by Gasteiger charge is -2.39. The second-order valence-electron chi connectivity index (χ2n) is 9.03. The summed E-state index contributed by atoms with van der Waals surface area (Å²) < 4.78 is 13.2. The number of aromatic nitrogens is 1. The Bertz CT molecular complexity index is 1120.